The van der Waals surface area contributed by atoms with E-state index in [-0.39, 0.29) is 162 Å². The van der Waals surface area contributed by atoms with E-state index in [1.165, 1.54) is 72.8 Å². The van der Waals surface area contributed by atoms with Crippen LogP contribution in [0.4, 0.5) is 46.5 Å². The lowest BCUT2D eigenvalue weighted by Crippen LogP contribution is -2.43. The predicted molar refractivity (Wildman–Crippen MR) is 372 cm³/mol. The maximum absolute atomic E-state index is 14.4. The molecule has 520 valence electrons. The molecule has 0 aliphatic rings. The van der Waals surface area contributed by atoms with Gasteiger partial charge in [-0.05, 0) is 159 Å². The third-order valence-electron chi connectivity index (χ3n) is 14.4. The van der Waals surface area contributed by atoms with Gasteiger partial charge in [0.25, 0.3) is 23.6 Å². The van der Waals surface area contributed by atoms with Gasteiger partial charge in [0.05, 0.1) is 34.4 Å². The summed E-state index contributed by atoms with van der Waals surface area (Å²) in [4.78, 5) is 178. The second-order valence-corrected chi connectivity index (χ2v) is 22.6. The van der Waals surface area contributed by atoms with E-state index in [4.69, 9.17) is 14.2 Å². The molecule has 30 heteroatoms. The van der Waals surface area contributed by atoms with E-state index >= 15 is 0 Å². The van der Waals surface area contributed by atoms with Crippen molar-refractivity contribution in [1.82, 2.24) is 34.5 Å². The Bertz CT molecular complexity index is 4250. The van der Waals surface area contributed by atoms with Gasteiger partial charge < -0.3 is 56.7 Å². The second-order valence-electron chi connectivity index (χ2n) is 22.6. The molecule has 8 aromatic rings. The molecule has 0 saturated carbocycles. The molecule has 0 saturated heterocycles. The maximum Gasteiger partial charge on any atom is 0.338 e. The molecule has 10 N–H and O–H groups in total. The number of ether oxygens (including phenoxy) is 3. The van der Waals surface area contributed by atoms with Gasteiger partial charge in [0.15, 0.2) is 0 Å². The number of hydrogen-bond acceptors (Lipinski definition) is 19. The largest absolute Gasteiger partial charge is 0.489 e. The number of aromatic nitrogens is 7. The van der Waals surface area contributed by atoms with Crippen molar-refractivity contribution >= 4 is 99.8 Å². The zero-order valence-electron chi connectivity index (χ0n) is 55.3. The van der Waals surface area contributed by atoms with Crippen LogP contribution in [0.25, 0.3) is 0 Å². The first-order valence-electron chi connectivity index (χ1n) is 32.4. The lowest BCUT2D eigenvalue weighted by molar-refractivity contribution is -0.117. The molecule has 8 rings (SSSR count). The molecular weight excluding hydrogens is 1290 g/mol. The second kappa shape index (κ2) is 36.6. The van der Waals surface area contributed by atoms with E-state index < -0.39 is 46.7 Å². The van der Waals surface area contributed by atoms with E-state index in [1.54, 1.807) is 54.6 Å². The van der Waals surface area contributed by atoms with Gasteiger partial charge in [0, 0.05) is 32.2 Å². The normalized spacial score (nSPS) is 10.7. The fourth-order valence-electron chi connectivity index (χ4n) is 9.77. The Morgan fingerprint density at radius 3 is 1.07 bits per heavy atom. The number of aromatic amines is 2. The molecule has 8 amide bonds. The van der Waals surface area contributed by atoms with E-state index in [1.807, 2.05) is 37.7 Å². The van der Waals surface area contributed by atoms with Crippen molar-refractivity contribution in [1.29, 1.82) is 0 Å². The van der Waals surface area contributed by atoms with Gasteiger partial charge in [-0.25, -0.2) is 43.7 Å². The number of unbranched alkanes of at least 4 members (excludes halogenated alkanes) is 3. The van der Waals surface area contributed by atoms with E-state index in [9.17, 15) is 57.5 Å². The first kappa shape index (κ1) is 73.3. The molecule has 30 nitrogen and oxygen atoms in total. The van der Waals surface area contributed by atoms with Gasteiger partial charge in [0.1, 0.15) is 71.3 Å². The standard InChI is InChI=1S/C70H75N15O15/c1-5-17-59(86)75-51-21-13-25-55(71-51)79-63(90)47-31-29-45(38-49(47)65(92)81-57-27-15-23-53(73-57)77-61(88)19-7-3)99-40-42-35-43(37-44(36-42)67(94)98-34-12-10-9-11-33-85-69(96)83-68(95)84-70(85)97)41-100-46-30-32-48(64(91)80-56-26-14-22-52(72-56)76-60(87)18-6-2)50(39-46)66(93)82-58-28-16-24-54(74-58)78-62(89)20-8-4/h13-16,21-32,35-39H,5-12,17-20,33-34,40-41H2,1-4H3,(H2,71,75,79,86,90)(H2,72,76,80,87,91)(H2,73,77,81,88,92)(H2,74,78,82,89,93)(H2,83,84,95,96,97). The van der Waals surface area contributed by atoms with Crippen LogP contribution >= 0.6 is 0 Å². The van der Waals surface area contributed by atoms with Crippen molar-refractivity contribution < 1.29 is 57.4 Å². The molecule has 0 aliphatic carbocycles. The van der Waals surface area contributed by atoms with Gasteiger partial charge >= 0.3 is 23.0 Å². The highest BCUT2D eigenvalue weighted by molar-refractivity contribution is 6.16. The van der Waals surface area contributed by atoms with Crippen LogP contribution in [0.3, 0.4) is 0 Å². The summed E-state index contributed by atoms with van der Waals surface area (Å²) in [5, 5.41) is 21.5. The molecule has 0 aliphatic heterocycles. The monoisotopic (exact) mass is 1370 g/mol. The van der Waals surface area contributed by atoms with Crippen LogP contribution in [0, 0.1) is 0 Å². The summed E-state index contributed by atoms with van der Waals surface area (Å²) < 4.78 is 19.2. The van der Waals surface area contributed by atoms with Crippen LogP contribution in [-0.4, -0.2) is 94.3 Å². The van der Waals surface area contributed by atoms with Crippen LogP contribution in [0.15, 0.2) is 142 Å². The lowest BCUT2D eigenvalue weighted by atomic mass is 10.0. The lowest BCUT2D eigenvalue weighted by Gasteiger charge is -2.15. The van der Waals surface area contributed by atoms with Gasteiger partial charge in [-0.3, -0.25) is 48.3 Å². The number of anilines is 8. The maximum atomic E-state index is 14.4. The number of nitrogens with one attached hydrogen (secondary N) is 10. The van der Waals surface area contributed by atoms with Crippen LogP contribution in [0.1, 0.15) is 168 Å². The zero-order valence-corrected chi connectivity index (χ0v) is 55.3. The van der Waals surface area contributed by atoms with Crippen molar-refractivity contribution in [3.63, 3.8) is 0 Å². The summed E-state index contributed by atoms with van der Waals surface area (Å²) in [6.45, 7) is 6.86. The average molecular weight is 1370 g/mol. The van der Waals surface area contributed by atoms with E-state index in [0.29, 0.717) is 62.5 Å². The van der Waals surface area contributed by atoms with Crippen LogP contribution in [0.5, 0.6) is 11.5 Å². The molecule has 0 bridgehead atoms. The van der Waals surface area contributed by atoms with Gasteiger partial charge in [-0.2, -0.15) is 0 Å². The average Bonchev–Trinajstić information content (AvgIpc) is 0.813. The van der Waals surface area contributed by atoms with Crippen LogP contribution in [0.2, 0.25) is 0 Å². The van der Waals surface area contributed by atoms with Crippen molar-refractivity contribution in [3.8, 4) is 11.5 Å². The quantitative estimate of drug-likeness (QED) is 0.0132. The molecule has 0 radical (unpaired) electrons. The number of pyridine rings is 4. The fourth-order valence-corrected chi connectivity index (χ4v) is 9.77. The van der Waals surface area contributed by atoms with Gasteiger partial charge in [-0.15, -0.1) is 0 Å². The summed E-state index contributed by atoms with van der Waals surface area (Å²) in [5.74, 6) is -3.97. The van der Waals surface area contributed by atoms with Crippen LogP contribution < -0.4 is 69.1 Å². The number of hydrogen-bond donors (Lipinski definition) is 10. The Kier molecular flexibility index (Phi) is 26.8. The Labute approximate surface area is 572 Å². The minimum absolute atomic E-state index is 0.0330. The molecule has 100 heavy (non-hydrogen) atoms. The molecule has 3 aromatic carbocycles. The Hall–Kier alpha value is -12.5. The highest BCUT2D eigenvalue weighted by Gasteiger charge is 2.24. The first-order valence-corrected chi connectivity index (χ1v) is 32.4. The molecule has 0 spiro atoms. The minimum atomic E-state index is -0.913. The SMILES string of the molecule is CCCC(=O)Nc1cccc(NC(=O)c2ccc(OCc3cc(COc4ccc(C(=O)Nc5cccc(NC(=O)CCC)n5)c(C(=O)Nc5cccc(NC(=O)CCC)n5)c4)cc(C(=O)OCCCCCCn4c(=O)[nH]c(=O)[nH]c4=O)c3)cc2C(=O)Nc2cccc(NC(=O)CCC)n2)n1. The van der Waals surface area contributed by atoms with Crippen LogP contribution in [-0.2, 0) is 43.7 Å². The molecule has 5 heterocycles. The number of H-pyrrole nitrogens is 2. The molecule has 5 aromatic heterocycles. The van der Waals surface area contributed by atoms with E-state index in [2.05, 4.69) is 62.5 Å². The smallest absolute Gasteiger partial charge is 0.338 e. The molecule has 0 unspecified atom stereocenters. The number of nitrogens with zero attached hydrogens (tertiary/aromatic N) is 5. The summed E-state index contributed by atoms with van der Waals surface area (Å²) in [6, 6.07) is 31.4. The highest BCUT2D eigenvalue weighted by Crippen LogP contribution is 2.27. The number of benzene rings is 3. The van der Waals surface area contributed by atoms with Crippen molar-refractivity contribution in [3.05, 3.63) is 198 Å². The van der Waals surface area contributed by atoms with E-state index in [0.717, 1.165) is 4.57 Å². The third kappa shape index (κ3) is 22.3. The van der Waals surface area contributed by atoms with Crippen molar-refractivity contribution in [2.45, 2.75) is 125 Å². The summed E-state index contributed by atoms with van der Waals surface area (Å²) in [6.07, 6.45) is 5.16. The Morgan fingerprint density at radius 1 is 0.390 bits per heavy atom. The molecular formula is C70H75N15O15. The molecule has 0 atom stereocenters. The number of carbonyl (C=O) groups is 9. The topological polar surface area (TPSA) is 417 Å². The molecule has 0 fully saturated rings. The highest BCUT2D eigenvalue weighted by atomic mass is 16.5. The predicted octanol–water partition coefficient (Wildman–Crippen LogP) is 9.34. The van der Waals surface area contributed by atoms with Crippen molar-refractivity contribution in [2.24, 2.45) is 0 Å². The number of rotatable bonds is 34. The third-order valence-corrected chi connectivity index (χ3v) is 14.4. The summed E-state index contributed by atoms with van der Waals surface area (Å²) in [7, 11) is 0. The number of esters is 1. The Balaban J connectivity index is 1.07. The van der Waals surface area contributed by atoms with Gasteiger partial charge in [-0.1, -0.05) is 58.4 Å². The van der Waals surface area contributed by atoms with Crippen molar-refractivity contribution in [2.75, 3.05) is 49.1 Å². The first-order chi connectivity index (χ1) is 48.3. The number of amides is 8. The Morgan fingerprint density at radius 2 is 0.720 bits per heavy atom. The number of carbonyl (C=O) groups excluding carboxylic acids is 9. The minimum Gasteiger partial charge on any atom is -0.489 e. The zero-order chi connectivity index (χ0) is 71.5. The van der Waals surface area contributed by atoms with Gasteiger partial charge in [0.2, 0.25) is 23.6 Å². The summed E-state index contributed by atoms with van der Waals surface area (Å²) >= 11 is 0. The fraction of sp³-hybridized carbons (Fsp3) is 0.286. The summed E-state index contributed by atoms with van der Waals surface area (Å²) in [5.41, 5.74) is -2.41.